The lowest BCUT2D eigenvalue weighted by Crippen LogP contribution is -2.26. The molecule has 4 rings (SSSR count). The van der Waals surface area contributed by atoms with Gasteiger partial charge in [-0.2, -0.15) is 0 Å². The van der Waals surface area contributed by atoms with Gasteiger partial charge in [-0.05, 0) is 40.1 Å². The fourth-order valence-corrected chi connectivity index (χ4v) is 3.62. The molecule has 0 fully saturated rings. The van der Waals surface area contributed by atoms with Crippen LogP contribution in [0.1, 0.15) is 35.3 Å². The molecule has 0 aliphatic carbocycles. The van der Waals surface area contributed by atoms with Crippen molar-refractivity contribution < 1.29 is 4.79 Å². The van der Waals surface area contributed by atoms with E-state index >= 15 is 0 Å². The zero-order valence-corrected chi connectivity index (χ0v) is 12.7. The maximum Gasteiger partial charge on any atom is 0.150 e. The van der Waals surface area contributed by atoms with Crippen LogP contribution < -0.4 is 5.32 Å². The second-order valence-electron chi connectivity index (χ2n) is 6.38. The van der Waals surface area contributed by atoms with Crippen molar-refractivity contribution in [1.29, 1.82) is 0 Å². The van der Waals surface area contributed by atoms with E-state index in [0.29, 0.717) is 0 Å². The van der Waals surface area contributed by atoms with Gasteiger partial charge in [-0.15, -0.1) is 0 Å². The van der Waals surface area contributed by atoms with Crippen LogP contribution in [0.2, 0.25) is 0 Å². The lowest BCUT2D eigenvalue weighted by Gasteiger charge is -2.36. The first-order chi connectivity index (χ1) is 10.6. The quantitative estimate of drug-likeness (QED) is 0.636. The third kappa shape index (κ3) is 1.70. The van der Waals surface area contributed by atoms with Crippen LogP contribution in [-0.2, 0) is 5.41 Å². The maximum absolute atomic E-state index is 11.0. The van der Waals surface area contributed by atoms with Gasteiger partial charge in [0.05, 0.1) is 0 Å². The van der Waals surface area contributed by atoms with Crippen molar-refractivity contribution in [3.8, 4) is 0 Å². The number of hydrogen-bond acceptors (Lipinski definition) is 2. The van der Waals surface area contributed by atoms with E-state index in [1.807, 2.05) is 12.1 Å². The third-order valence-electron chi connectivity index (χ3n) is 4.67. The Morgan fingerprint density at radius 3 is 2.59 bits per heavy atom. The molecule has 0 aromatic heterocycles. The summed E-state index contributed by atoms with van der Waals surface area (Å²) in [5.74, 6) is 0. The summed E-state index contributed by atoms with van der Waals surface area (Å²) in [6.45, 7) is 4.52. The van der Waals surface area contributed by atoms with E-state index in [1.54, 1.807) is 0 Å². The molecule has 2 nitrogen and oxygen atoms in total. The first kappa shape index (κ1) is 13.1. The van der Waals surface area contributed by atoms with Crippen molar-refractivity contribution in [2.75, 3.05) is 5.32 Å². The van der Waals surface area contributed by atoms with Crippen LogP contribution in [0, 0.1) is 0 Å². The first-order valence-electron chi connectivity index (χ1n) is 7.50. The summed E-state index contributed by atoms with van der Waals surface area (Å²) in [6.07, 6.45) is 0.900. The van der Waals surface area contributed by atoms with E-state index < -0.39 is 0 Å². The topological polar surface area (TPSA) is 29.1 Å². The van der Waals surface area contributed by atoms with Gasteiger partial charge in [0, 0.05) is 22.4 Å². The van der Waals surface area contributed by atoms with Crippen LogP contribution in [0.4, 0.5) is 11.4 Å². The number of benzene rings is 3. The third-order valence-corrected chi connectivity index (χ3v) is 4.67. The Bertz CT molecular complexity index is 909. The number of nitrogens with one attached hydrogen (secondary N) is 1. The average Bonchev–Trinajstić information content (AvgIpc) is 2.54. The minimum absolute atomic E-state index is 0.0839. The summed E-state index contributed by atoms with van der Waals surface area (Å²) in [4.78, 5) is 11.0. The normalized spacial score (nSPS) is 14.8. The maximum atomic E-state index is 11.0. The molecule has 3 aromatic carbocycles. The predicted octanol–water partition coefficient (Wildman–Crippen LogP) is 5.04. The first-order valence-corrected chi connectivity index (χ1v) is 7.50. The number of carbonyl (C=O) groups excluding carboxylic acids is 1. The van der Waals surface area contributed by atoms with Gasteiger partial charge in [0.25, 0.3) is 0 Å². The molecule has 0 unspecified atom stereocenters. The van der Waals surface area contributed by atoms with Gasteiger partial charge >= 0.3 is 0 Å². The molecule has 0 bridgehead atoms. The molecule has 108 valence electrons. The van der Waals surface area contributed by atoms with E-state index in [0.717, 1.165) is 22.9 Å². The van der Waals surface area contributed by atoms with Crippen LogP contribution in [0.25, 0.3) is 10.8 Å². The molecular weight excluding hydrogens is 270 g/mol. The monoisotopic (exact) mass is 287 g/mol. The largest absolute Gasteiger partial charge is 0.355 e. The van der Waals surface area contributed by atoms with Gasteiger partial charge < -0.3 is 5.32 Å². The standard InChI is InChI=1S/C20H17NO/c1-20(2)16-5-3-4-6-17(16)21-18-10-8-14-11-13(12-22)7-9-15(14)19(18)20/h3-12,21H,1-2H3. The molecule has 1 aliphatic rings. The zero-order chi connectivity index (χ0) is 15.3. The molecule has 2 heteroatoms. The molecule has 0 saturated carbocycles. The number of para-hydroxylation sites is 1. The predicted molar refractivity (Wildman–Crippen MR) is 91.2 cm³/mol. The fourth-order valence-electron chi connectivity index (χ4n) is 3.62. The summed E-state index contributed by atoms with van der Waals surface area (Å²) < 4.78 is 0. The minimum Gasteiger partial charge on any atom is -0.355 e. The summed E-state index contributed by atoms with van der Waals surface area (Å²) in [6, 6.07) is 18.6. The van der Waals surface area contributed by atoms with Crippen molar-refractivity contribution in [2.24, 2.45) is 0 Å². The van der Waals surface area contributed by atoms with E-state index in [-0.39, 0.29) is 5.41 Å². The molecule has 22 heavy (non-hydrogen) atoms. The van der Waals surface area contributed by atoms with Crippen molar-refractivity contribution in [3.63, 3.8) is 0 Å². The van der Waals surface area contributed by atoms with E-state index in [4.69, 9.17) is 0 Å². The Morgan fingerprint density at radius 1 is 0.955 bits per heavy atom. The Balaban J connectivity index is 2.05. The van der Waals surface area contributed by atoms with Gasteiger partial charge in [-0.25, -0.2) is 0 Å². The van der Waals surface area contributed by atoms with Crippen LogP contribution >= 0.6 is 0 Å². The van der Waals surface area contributed by atoms with Gasteiger partial charge in [0.15, 0.2) is 0 Å². The van der Waals surface area contributed by atoms with Crippen molar-refractivity contribution in [3.05, 3.63) is 71.3 Å². The van der Waals surface area contributed by atoms with Crippen LogP contribution in [-0.4, -0.2) is 6.29 Å². The molecule has 0 saturated heterocycles. The minimum atomic E-state index is -0.0839. The fraction of sp³-hybridized carbons (Fsp3) is 0.150. The molecule has 0 radical (unpaired) electrons. The second-order valence-corrected chi connectivity index (χ2v) is 6.38. The second kappa shape index (κ2) is 4.44. The van der Waals surface area contributed by atoms with Gasteiger partial charge in [-0.3, -0.25) is 4.79 Å². The molecular formula is C20H17NO. The van der Waals surface area contributed by atoms with Gasteiger partial charge in [0.2, 0.25) is 0 Å². The van der Waals surface area contributed by atoms with Crippen LogP contribution in [0.3, 0.4) is 0 Å². The molecule has 1 N–H and O–H groups in total. The highest BCUT2D eigenvalue weighted by molar-refractivity contribution is 5.97. The summed E-state index contributed by atoms with van der Waals surface area (Å²) in [5, 5.41) is 5.86. The van der Waals surface area contributed by atoms with Crippen molar-refractivity contribution in [1.82, 2.24) is 0 Å². The van der Waals surface area contributed by atoms with Gasteiger partial charge in [-0.1, -0.05) is 50.2 Å². The smallest absolute Gasteiger partial charge is 0.150 e. The molecule has 1 aliphatic heterocycles. The average molecular weight is 287 g/mol. The lowest BCUT2D eigenvalue weighted by molar-refractivity contribution is 0.112. The van der Waals surface area contributed by atoms with E-state index in [9.17, 15) is 4.79 Å². The van der Waals surface area contributed by atoms with E-state index in [1.165, 1.54) is 22.2 Å². The number of hydrogen-bond donors (Lipinski definition) is 1. The van der Waals surface area contributed by atoms with Crippen LogP contribution in [0.5, 0.6) is 0 Å². The number of rotatable bonds is 1. The lowest BCUT2D eigenvalue weighted by atomic mass is 9.72. The Labute approximate surface area is 129 Å². The summed E-state index contributed by atoms with van der Waals surface area (Å²) in [7, 11) is 0. The molecule has 0 spiro atoms. The molecule has 0 amide bonds. The Morgan fingerprint density at radius 2 is 1.77 bits per heavy atom. The Kier molecular flexibility index (Phi) is 2.64. The summed E-state index contributed by atoms with van der Waals surface area (Å²) in [5.41, 5.74) is 5.54. The molecule has 0 atom stereocenters. The highest BCUT2D eigenvalue weighted by Crippen LogP contribution is 2.47. The van der Waals surface area contributed by atoms with Crippen molar-refractivity contribution >= 4 is 28.4 Å². The zero-order valence-electron chi connectivity index (χ0n) is 12.7. The number of aldehydes is 1. The van der Waals surface area contributed by atoms with Crippen molar-refractivity contribution in [2.45, 2.75) is 19.3 Å². The van der Waals surface area contributed by atoms with E-state index in [2.05, 4.69) is 61.6 Å². The highest BCUT2D eigenvalue weighted by Gasteiger charge is 2.33. The number of fused-ring (bicyclic) bond motifs is 4. The number of carbonyl (C=O) groups is 1. The van der Waals surface area contributed by atoms with Crippen LogP contribution in [0.15, 0.2) is 54.6 Å². The Hall–Kier alpha value is -2.61. The highest BCUT2D eigenvalue weighted by atomic mass is 16.1. The summed E-state index contributed by atoms with van der Waals surface area (Å²) >= 11 is 0. The number of anilines is 2. The van der Waals surface area contributed by atoms with Gasteiger partial charge in [0.1, 0.15) is 6.29 Å². The molecule has 3 aromatic rings. The SMILES string of the molecule is CC1(C)c2ccccc2Nc2ccc3cc(C=O)ccc3c21. The molecule has 1 heterocycles.